The first-order valence-electron chi connectivity index (χ1n) is 3.02. The molecule has 1 aromatic rings. The van der Waals surface area contributed by atoms with E-state index in [1.165, 1.54) is 12.1 Å². The second-order valence-electron chi connectivity index (χ2n) is 2.00. The highest BCUT2D eigenvalue weighted by Crippen LogP contribution is 2.16. The number of carbonyl (C=O) groups excluding carboxylic acids is 1. The number of benzene rings is 1. The third-order valence-electron chi connectivity index (χ3n) is 1.18. The smallest absolute Gasteiger partial charge is 0.310 e. The summed E-state index contributed by atoms with van der Waals surface area (Å²) in [5.74, 6) is -2.15. The summed E-state index contributed by atoms with van der Waals surface area (Å²) in [5, 5.41) is 0.967. The van der Waals surface area contributed by atoms with Gasteiger partial charge in [-0.3, -0.25) is 4.79 Å². The lowest BCUT2D eigenvalue weighted by Gasteiger charge is -2.01. The summed E-state index contributed by atoms with van der Waals surface area (Å²) in [7, 11) is 0. The molecule has 0 atom stereocenters. The van der Waals surface area contributed by atoms with Gasteiger partial charge in [0.2, 0.25) is 0 Å². The van der Waals surface area contributed by atoms with E-state index in [2.05, 4.69) is 0 Å². The number of rotatable bonds is 1. The van der Waals surface area contributed by atoms with Gasteiger partial charge in [0.25, 0.3) is 0 Å². The van der Waals surface area contributed by atoms with Gasteiger partial charge in [0.05, 0.1) is 5.69 Å². The molecule has 0 radical (unpaired) electrons. The summed E-state index contributed by atoms with van der Waals surface area (Å²) in [6, 6.07) is 3.42. The van der Waals surface area contributed by atoms with E-state index < -0.39 is 17.0 Å². The van der Waals surface area contributed by atoms with E-state index in [0.717, 1.165) is 6.07 Å². The Bertz CT molecular complexity index is 316. The van der Waals surface area contributed by atoms with Crippen molar-refractivity contribution in [3.05, 3.63) is 29.8 Å². The molecule has 5 heteroatoms. The molecule has 0 aromatic heterocycles. The number of nitrogens with one attached hydrogen (secondary N) is 1. The number of carbonyl (C=O) groups is 1. The maximum absolute atomic E-state index is 12.7. The molecule has 1 N–H and O–H groups in total. The van der Waals surface area contributed by atoms with Gasteiger partial charge in [-0.05, 0) is 23.7 Å². The highest BCUT2D eigenvalue weighted by atomic mass is 35.5. The Labute approximate surface area is 72.1 Å². The summed E-state index contributed by atoms with van der Waals surface area (Å²) >= 11 is 4.90. The first kappa shape index (κ1) is 8.93. The Hall–Kier alpha value is -1.16. The van der Waals surface area contributed by atoms with E-state index in [0.29, 0.717) is 0 Å². The summed E-state index contributed by atoms with van der Waals surface area (Å²) < 4.78 is 25.2. The van der Waals surface area contributed by atoms with E-state index >= 15 is 0 Å². The molecule has 0 spiro atoms. The SMILES string of the molecule is O=C(Cl)Nc1cccc(F)c1F. The first-order chi connectivity index (χ1) is 5.61. The van der Waals surface area contributed by atoms with Gasteiger partial charge in [0.15, 0.2) is 11.6 Å². The Morgan fingerprint density at radius 1 is 1.42 bits per heavy atom. The molecule has 0 aliphatic heterocycles. The Balaban J connectivity index is 3.00. The molecule has 0 aliphatic rings. The minimum Gasteiger partial charge on any atom is -0.310 e. The van der Waals surface area contributed by atoms with E-state index in [-0.39, 0.29) is 5.69 Å². The maximum atomic E-state index is 12.7. The van der Waals surface area contributed by atoms with Crippen LogP contribution in [0.15, 0.2) is 18.2 Å². The Morgan fingerprint density at radius 3 is 2.67 bits per heavy atom. The molecule has 2 nitrogen and oxygen atoms in total. The lowest BCUT2D eigenvalue weighted by Crippen LogP contribution is -2.04. The largest absolute Gasteiger partial charge is 0.318 e. The molecule has 0 saturated carbocycles. The van der Waals surface area contributed by atoms with Crippen molar-refractivity contribution in [1.29, 1.82) is 0 Å². The summed E-state index contributed by atoms with van der Waals surface area (Å²) in [6.07, 6.45) is 0. The molecular weight excluding hydrogens is 188 g/mol. The van der Waals surface area contributed by atoms with Crippen LogP contribution in [0.3, 0.4) is 0 Å². The van der Waals surface area contributed by atoms with Crippen LogP contribution in [0.2, 0.25) is 0 Å². The predicted octanol–water partition coefficient (Wildman–Crippen LogP) is 2.74. The van der Waals surface area contributed by atoms with Crippen LogP contribution in [0.4, 0.5) is 19.3 Å². The van der Waals surface area contributed by atoms with E-state index in [4.69, 9.17) is 11.6 Å². The molecule has 0 unspecified atom stereocenters. The third-order valence-corrected chi connectivity index (χ3v) is 1.28. The van der Waals surface area contributed by atoms with Crippen LogP contribution in [-0.2, 0) is 0 Å². The van der Waals surface area contributed by atoms with Gasteiger partial charge < -0.3 is 5.32 Å². The summed E-state index contributed by atoms with van der Waals surface area (Å²) in [6.45, 7) is 0. The van der Waals surface area contributed by atoms with Crippen LogP contribution < -0.4 is 5.32 Å². The Morgan fingerprint density at radius 2 is 2.08 bits per heavy atom. The van der Waals surface area contributed by atoms with Crippen molar-refractivity contribution in [3.63, 3.8) is 0 Å². The monoisotopic (exact) mass is 191 g/mol. The Kier molecular flexibility index (Phi) is 2.60. The number of anilines is 1. The van der Waals surface area contributed by atoms with E-state index in [1.807, 2.05) is 5.32 Å². The quantitative estimate of drug-likeness (QED) is 0.537. The van der Waals surface area contributed by atoms with Crippen molar-refractivity contribution in [3.8, 4) is 0 Å². The average molecular weight is 192 g/mol. The first-order valence-corrected chi connectivity index (χ1v) is 3.39. The lowest BCUT2D eigenvalue weighted by molar-refractivity contribution is 0.269. The molecule has 12 heavy (non-hydrogen) atoms. The van der Waals surface area contributed by atoms with Crippen LogP contribution in [0.5, 0.6) is 0 Å². The van der Waals surface area contributed by atoms with E-state index in [9.17, 15) is 13.6 Å². The number of hydrogen-bond donors (Lipinski definition) is 1. The minimum atomic E-state index is -1.12. The fourth-order valence-electron chi connectivity index (χ4n) is 0.706. The molecule has 0 aliphatic carbocycles. The van der Waals surface area contributed by atoms with E-state index in [1.54, 1.807) is 0 Å². The van der Waals surface area contributed by atoms with Gasteiger partial charge in [-0.25, -0.2) is 8.78 Å². The molecular formula is C7H4ClF2NO. The lowest BCUT2D eigenvalue weighted by atomic mass is 10.3. The molecule has 0 bridgehead atoms. The normalized spacial score (nSPS) is 9.58. The van der Waals surface area contributed by atoms with Crippen molar-refractivity contribution in [2.24, 2.45) is 0 Å². The highest BCUT2D eigenvalue weighted by molar-refractivity contribution is 6.65. The van der Waals surface area contributed by atoms with Gasteiger partial charge in [-0.1, -0.05) is 6.07 Å². The molecule has 0 heterocycles. The van der Waals surface area contributed by atoms with Crippen molar-refractivity contribution < 1.29 is 13.6 Å². The molecule has 0 fully saturated rings. The number of hydrogen-bond acceptors (Lipinski definition) is 1. The van der Waals surface area contributed by atoms with Gasteiger partial charge in [-0.15, -0.1) is 0 Å². The van der Waals surface area contributed by atoms with Crippen LogP contribution >= 0.6 is 11.6 Å². The third kappa shape index (κ3) is 1.92. The molecule has 1 aromatic carbocycles. The second-order valence-corrected chi connectivity index (χ2v) is 2.34. The zero-order chi connectivity index (χ0) is 9.14. The van der Waals surface area contributed by atoms with Gasteiger partial charge in [-0.2, -0.15) is 0 Å². The molecule has 0 saturated heterocycles. The van der Waals surface area contributed by atoms with Crippen LogP contribution in [0.1, 0.15) is 0 Å². The zero-order valence-electron chi connectivity index (χ0n) is 5.77. The van der Waals surface area contributed by atoms with Gasteiger partial charge in [0, 0.05) is 0 Å². The molecule has 1 rings (SSSR count). The van der Waals surface area contributed by atoms with Crippen molar-refractivity contribution >= 4 is 22.7 Å². The average Bonchev–Trinajstić information content (AvgIpc) is 1.98. The van der Waals surface area contributed by atoms with Crippen molar-refractivity contribution in [2.75, 3.05) is 5.32 Å². The van der Waals surface area contributed by atoms with Crippen LogP contribution in [0, 0.1) is 11.6 Å². The molecule has 1 amide bonds. The van der Waals surface area contributed by atoms with Crippen molar-refractivity contribution in [1.82, 2.24) is 0 Å². The maximum Gasteiger partial charge on any atom is 0.318 e. The summed E-state index contributed by atoms with van der Waals surface area (Å²) in [4.78, 5) is 10.2. The highest BCUT2D eigenvalue weighted by Gasteiger charge is 2.08. The second kappa shape index (κ2) is 3.49. The zero-order valence-corrected chi connectivity index (χ0v) is 6.53. The number of halogens is 3. The predicted molar refractivity (Wildman–Crippen MR) is 41.2 cm³/mol. The van der Waals surface area contributed by atoms with Crippen molar-refractivity contribution in [2.45, 2.75) is 0 Å². The fourth-order valence-corrected chi connectivity index (χ4v) is 0.808. The van der Waals surface area contributed by atoms with Gasteiger partial charge >= 0.3 is 5.37 Å². The summed E-state index contributed by atoms with van der Waals surface area (Å²) in [5.41, 5.74) is -0.269. The van der Waals surface area contributed by atoms with Crippen LogP contribution in [-0.4, -0.2) is 5.37 Å². The topological polar surface area (TPSA) is 29.1 Å². The number of amides is 1. The molecule has 64 valence electrons. The van der Waals surface area contributed by atoms with Crippen LogP contribution in [0.25, 0.3) is 0 Å². The minimum absolute atomic E-state index is 0.269. The van der Waals surface area contributed by atoms with Gasteiger partial charge in [0.1, 0.15) is 0 Å². The standard InChI is InChI=1S/C7H4ClF2NO/c8-7(12)11-5-3-1-2-4(9)6(5)10/h1-3H,(H,11,12). The fraction of sp³-hybridized carbons (Fsp3) is 0.